The Balaban J connectivity index is 1.84. The number of benzene rings is 1. The summed E-state index contributed by atoms with van der Waals surface area (Å²) in [6.07, 6.45) is 3.51. The van der Waals surface area contributed by atoms with Crippen LogP contribution in [0.2, 0.25) is 0 Å². The summed E-state index contributed by atoms with van der Waals surface area (Å²) in [5, 5.41) is 0. The molecule has 2 rings (SSSR count). The molecule has 0 aromatic heterocycles. The lowest BCUT2D eigenvalue weighted by Crippen LogP contribution is -2.25. The van der Waals surface area contributed by atoms with Gasteiger partial charge in [-0.2, -0.15) is 0 Å². The van der Waals surface area contributed by atoms with Crippen molar-refractivity contribution in [3.8, 4) is 0 Å². The summed E-state index contributed by atoms with van der Waals surface area (Å²) in [6, 6.07) is 7.30. The fraction of sp³-hybridized carbons (Fsp3) is 0.538. The molecule has 0 radical (unpaired) electrons. The van der Waals surface area contributed by atoms with Crippen LogP contribution in [-0.2, 0) is 0 Å². The van der Waals surface area contributed by atoms with Crippen molar-refractivity contribution in [2.75, 3.05) is 13.6 Å². The van der Waals surface area contributed by atoms with Crippen LogP contribution < -0.4 is 5.73 Å². The zero-order chi connectivity index (χ0) is 11.5. The number of hydrogen-bond acceptors (Lipinski definition) is 2. The van der Waals surface area contributed by atoms with Crippen molar-refractivity contribution in [3.63, 3.8) is 0 Å². The van der Waals surface area contributed by atoms with Crippen LogP contribution in [0.5, 0.6) is 0 Å². The maximum absolute atomic E-state index is 13.0. The Labute approximate surface area is 96.2 Å². The molecule has 1 aliphatic rings. The molecule has 0 saturated heterocycles. The summed E-state index contributed by atoms with van der Waals surface area (Å²) >= 11 is 0. The zero-order valence-electron chi connectivity index (χ0n) is 9.70. The van der Waals surface area contributed by atoms with Crippen LogP contribution in [0, 0.1) is 5.82 Å². The highest BCUT2D eigenvalue weighted by atomic mass is 19.1. The van der Waals surface area contributed by atoms with Gasteiger partial charge in [0.1, 0.15) is 5.82 Å². The molecule has 16 heavy (non-hydrogen) atoms. The highest BCUT2D eigenvalue weighted by molar-refractivity contribution is 5.19. The van der Waals surface area contributed by atoms with Crippen LogP contribution in [0.4, 0.5) is 4.39 Å². The van der Waals surface area contributed by atoms with Gasteiger partial charge in [-0.3, -0.25) is 0 Å². The summed E-state index contributed by atoms with van der Waals surface area (Å²) in [4.78, 5) is 2.35. The summed E-state index contributed by atoms with van der Waals surface area (Å²) in [5.74, 6) is -0.205. The molecule has 1 aromatic carbocycles. The maximum atomic E-state index is 13.0. The van der Waals surface area contributed by atoms with E-state index in [4.69, 9.17) is 5.73 Å². The molecule has 0 aliphatic heterocycles. The first-order chi connectivity index (χ1) is 7.66. The number of rotatable bonds is 5. The van der Waals surface area contributed by atoms with Gasteiger partial charge in [0, 0.05) is 12.1 Å². The third kappa shape index (κ3) is 3.03. The van der Waals surface area contributed by atoms with Gasteiger partial charge in [0.2, 0.25) is 0 Å². The van der Waals surface area contributed by atoms with Gasteiger partial charge in [0.05, 0.1) is 0 Å². The topological polar surface area (TPSA) is 29.3 Å². The largest absolute Gasteiger partial charge is 0.324 e. The Morgan fingerprint density at radius 1 is 1.50 bits per heavy atom. The minimum absolute atomic E-state index is 0.0584. The maximum Gasteiger partial charge on any atom is 0.123 e. The average Bonchev–Trinajstić information content (AvgIpc) is 3.09. The molecule has 0 bridgehead atoms. The fourth-order valence-electron chi connectivity index (χ4n) is 1.94. The second kappa shape index (κ2) is 4.93. The van der Waals surface area contributed by atoms with E-state index in [1.165, 1.54) is 25.0 Å². The SMILES string of the molecule is CN(CCC(N)c1cccc(F)c1)C1CC1. The van der Waals surface area contributed by atoms with Crippen LogP contribution in [0.15, 0.2) is 24.3 Å². The molecule has 1 aliphatic carbocycles. The number of nitrogens with two attached hydrogens (primary N) is 1. The molecule has 0 heterocycles. The van der Waals surface area contributed by atoms with Crippen LogP contribution in [0.25, 0.3) is 0 Å². The summed E-state index contributed by atoms with van der Waals surface area (Å²) in [7, 11) is 2.13. The Morgan fingerprint density at radius 2 is 2.25 bits per heavy atom. The van der Waals surface area contributed by atoms with Crippen molar-refractivity contribution in [3.05, 3.63) is 35.6 Å². The second-order valence-corrected chi connectivity index (χ2v) is 4.66. The Morgan fingerprint density at radius 3 is 2.88 bits per heavy atom. The second-order valence-electron chi connectivity index (χ2n) is 4.66. The van der Waals surface area contributed by atoms with E-state index >= 15 is 0 Å². The van der Waals surface area contributed by atoms with E-state index in [0.717, 1.165) is 24.6 Å². The first kappa shape index (κ1) is 11.6. The lowest BCUT2D eigenvalue weighted by Gasteiger charge is -2.19. The minimum Gasteiger partial charge on any atom is -0.324 e. The monoisotopic (exact) mass is 222 g/mol. The molecular weight excluding hydrogens is 203 g/mol. The fourth-order valence-corrected chi connectivity index (χ4v) is 1.94. The highest BCUT2D eigenvalue weighted by Gasteiger charge is 2.25. The standard InChI is InChI=1S/C13H19FN2/c1-16(12-5-6-12)8-7-13(15)10-3-2-4-11(14)9-10/h2-4,9,12-13H,5-8,15H2,1H3. The van der Waals surface area contributed by atoms with Crippen LogP contribution in [0.1, 0.15) is 30.9 Å². The Bertz CT molecular complexity index is 350. The molecule has 1 fully saturated rings. The van der Waals surface area contributed by atoms with Gasteiger partial charge < -0.3 is 10.6 Å². The number of nitrogens with zero attached hydrogens (tertiary/aromatic N) is 1. The first-order valence-electron chi connectivity index (χ1n) is 5.88. The van der Waals surface area contributed by atoms with E-state index in [-0.39, 0.29) is 11.9 Å². The van der Waals surface area contributed by atoms with Gasteiger partial charge in [-0.05, 0) is 50.6 Å². The molecule has 2 nitrogen and oxygen atoms in total. The predicted octanol–water partition coefficient (Wildman–Crippen LogP) is 2.31. The lowest BCUT2D eigenvalue weighted by atomic mass is 10.0. The minimum atomic E-state index is -0.205. The molecular formula is C13H19FN2. The van der Waals surface area contributed by atoms with E-state index < -0.39 is 0 Å². The highest BCUT2D eigenvalue weighted by Crippen LogP contribution is 2.26. The van der Waals surface area contributed by atoms with Crippen molar-refractivity contribution >= 4 is 0 Å². The molecule has 88 valence electrons. The molecule has 1 unspecified atom stereocenters. The van der Waals surface area contributed by atoms with Gasteiger partial charge in [0.15, 0.2) is 0 Å². The Kier molecular flexibility index (Phi) is 3.56. The first-order valence-corrected chi connectivity index (χ1v) is 5.88. The molecule has 0 spiro atoms. The van der Waals surface area contributed by atoms with Crippen molar-refractivity contribution in [2.45, 2.75) is 31.3 Å². The van der Waals surface area contributed by atoms with E-state index in [0.29, 0.717) is 0 Å². The summed E-state index contributed by atoms with van der Waals surface area (Å²) in [5.41, 5.74) is 6.93. The van der Waals surface area contributed by atoms with E-state index in [2.05, 4.69) is 11.9 Å². The Hall–Kier alpha value is -0.930. The van der Waals surface area contributed by atoms with Gasteiger partial charge in [-0.25, -0.2) is 4.39 Å². The third-order valence-electron chi connectivity index (χ3n) is 3.24. The van der Waals surface area contributed by atoms with E-state index in [9.17, 15) is 4.39 Å². The van der Waals surface area contributed by atoms with E-state index in [1.54, 1.807) is 6.07 Å². The van der Waals surface area contributed by atoms with Gasteiger partial charge in [-0.15, -0.1) is 0 Å². The average molecular weight is 222 g/mol. The van der Waals surface area contributed by atoms with Gasteiger partial charge >= 0.3 is 0 Å². The smallest absolute Gasteiger partial charge is 0.123 e. The quantitative estimate of drug-likeness (QED) is 0.828. The van der Waals surface area contributed by atoms with Crippen molar-refractivity contribution in [1.82, 2.24) is 4.90 Å². The molecule has 0 amide bonds. The zero-order valence-corrected chi connectivity index (χ0v) is 9.70. The summed E-state index contributed by atoms with van der Waals surface area (Å²) < 4.78 is 13.0. The predicted molar refractivity (Wildman–Crippen MR) is 63.6 cm³/mol. The normalized spacial score (nSPS) is 17.8. The van der Waals surface area contributed by atoms with E-state index in [1.807, 2.05) is 6.07 Å². The number of hydrogen-bond donors (Lipinski definition) is 1. The summed E-state index contributed by atoms with van der Waals surface area (Å²) in [6.45, 7) is 0.988. The lowest BCUT2D eigenvalue weighted by molar-refractivity contribution is 0.309. The van der Waals surface area contributed by atoms with Crippen molar-refractivity contribution < 1.29 is 4.39 Å². The van der Waals surface area contributed by atoms with Crippen molar-refractivity contribution in [2.24, 2.45) is 5.73 Å². The molecule has 1 saturated carbocycles. The van der Waals surface area contributed by atoms with Gasteiger partial charge in [-0.1, -0.05) is 12.1 Å². The molecule has 2 N–H and O–H groups in total. The van der Waals surface area contributed by atoms with Crippen LogP contribution in [0.3, 0.4) is 0 Å². The third-order valence-corrected chi connectivity index (χ3v) is 3.24. The number of halogens is 1. The van der Waals surface area contributed by atoms with Crippen LogP contribution in [-0.4, -0.2) is 24.5 Å². The molecule has 3 heteroatoms. The van der Waals surface area contributed by atoms with Gasteiger partial charge in [0.25, 0.3) is 0 Å². The van der Waals surface area contributed by atoms with Crippen molar-refractivity contribution in [1.29, 1.82) is 0 Å². The molecule has 1 atom stereocenters. The molecule has 1 aromatic rings. The van der Waals surface area contributed by atoms with Crippen LogP contribution >= 0.6 is 0 Å².